The summed E-state index contributed by atoms with van der Waals surface area (Å²) in [5, 5.41) is 5.43. The summed E-state index contributed by atoms with van der Waals surface area (Å²) in [7, 11) is 3.16. The van der Waals surface area contributed by atoms with Gasteiger partial charge >= 0.3 is 0 Å². The minimum absolute atomic E-state index is 0.0349. The smallest absolute Gasteiger partial charge is 0.286 e. The molecule has 3 N–H and O–H groups in total. The second-order valence-electron chi connectivity index (χ2n) is 6.51. The summed E-state index contributed by atoms with van der Waals surface area (Å²) >= 11 is 0. The maximum Gasteiger partial charge on any atom is 0.286 e. The molecular formula is C20H20N4O4. The van der Waals surface area contributed by atoms with E-state index in [1.165, 1.54) is 7.05 Å². The summed E-state index contributed by atoms with van der Waals surface area (Å²) in [4.78, 5) is 31.8. The Hall–Kier alpha value is -3.55. The van der Waals surface area contributed by atoms with Gasteiger partial charge in [0.1, 0.15) is 11.4 Å². The highest BCUT2D eigenvalue weighted by Crippen LogP contribution is 2.32. The topological polar surface area (TPSA) is 109 Å². The second kappa shape index (κ2) is 7.22. The number of aromatic amines is 1. The van der Waals surface area contributed by atoms with Gasteiger partial charge in [-0.1, -0.05) is 18.2 Å². The molecule has 1 atom stereocenters. The first-order valence-corrected chi connectivity index (χ1v) is 8.93. The quantitative estimate of drug-likeness (QED) is 0.642. The van der Waals surface area contributed by atoms with E-state index in [4.69, 9.17) is 9.15 Å². The lowest BCUT2D eigenvalue weighted by Crippen LogP contribution is -2.26. The Morgan fingerprint density at radius 1 is 1.29 bits per heavy atom. The third kappa shape index (κ3) is 3.13. The molecule has 2 aromatic heterocycles. The summed E-state index contributed by atoms with van der Waals surface area (Å²) in [6, 6.07) is 11.0. The normalized spacial score (nSPS) is 16.1. The fourth-order valence-corrected chi connectivity index (χ4v) is 3.41. The number of carbonyl (C=O) groups excluding carboxylic acids is 2. The standard InChI is InChI=1S/C20H20N4O4/c1-21-19(25)16-8-7-15(28-16)18-23-13-9-11(10-22-20(26)17(13)24-18)12-5-3-4-6-14(12)27-2/h3-8,11H,9-10H2,1-2H3,(H,21,25)(H,22,26)(H,23,24)/t11-/m0/s1. The number of ether oxygens (including phenoxy) is 1. The minimum Gasteiger partial charge on any atom is -0.496 e. The van der Waals surface area contributed by atoms with E-state index in [9.17, 15) is 9.59 Å². The molecule has 0 fully saturated rings. The number of methoxy groups -OCH3 is 1. The molecule has 8 nitrogen and oxygen atoms in total. The molecule has 144 valence electrons. The summed E-state index contributed by atoms with van der Waals surface area (Å²) in [5.41, 5.74) is 2.08. The monoisotopic (exact) mass is 380 g/mol. The summed E-state index contributed by atoms with van der Waals surface area (Å²) in [5.74, 6) is 1.24. The van der Waals surface area contributed by atoms with Crippen molar-refractivity contribution in [3.63, 3.8) is 0 Å². The Balaban J connectivity index is 1.67. The van der Waals surface area contributed by atoms with Crippen molar-refractivity contribution in [2.24, 2.45) is 0 Å². The van der Waals surface area contributed by atoms with Crippen molar-refractivity contribution in [2.45, 2.75) is 12.3 Å². The Labute approximate surface area is 161 Å². The van der Waals surface area contributed by atoms with Crippen molar-refractivity contribution in [1.29, 1.82) is 0 Å². The van der Waals surface area contributed by atoms with Crippen molar-refractivity contribution < 1.29 is 18.7 Å². The summed E-state index contributed by atoms with van der Waals surface area (Å²) in [6.45, 7) is 0.486. The van der Waals surface area contributed by atoms with Gasteiger partial charge in [-0.2, -0.15) is 0 Å². The third-order valence-corrected chi connectivity index (χ3v) is 4.82. The highest BCUT2D eigenvalue weighted by Gasteiger charge is 2.28. The van der Waals surface area contributed by atoms with Crippen molar-refractivity contribution in [3.8, 4) is 17.3 Å². The van der Waals surface area contributed by atoms with E-state index < -0.39 is 0 Å². The second-order valence-corrected chi connectivity index (χ2v) is 6.51. The number of furan rings is 1. The molecule has 8 heteroatoms. The molecule has 4 rings (SSSR count). The zero-order chi connectivity index (χ0) is 19.7. The van der Waals surface area contributed by atoms with Gasteiger partial charge in [0.15, 0.2) is 17.3 Å². The zero-order valence-corrected chi connectivity index (χ0v) is 15.5. The molecule has 28 heavy (non-hydrogen) atoms. The van der Waals surface area contributed by atoms with Gasteiger partial charge < -0.3 is 24.8 Å². The Kier molecular flexibility index (Phi) is 4.60. The largest absolute Gasteiger partial charge is 0.496 e. The molecule has 1 aliphatic rings. The average molecular weight is 380 g/mol. The molecular weight excluding hydrogens is 360 g/mol. The van der Waals surface area contributed by atoms with E-state index in [1.54, 1.807) is 19.2 Å². The molecule has 3 aromatic rings. The fourth-order valence-electron chi connectivity index (χ4n) is 3.41. The maximum atomic E-state index is 12.5. The lowest BCUT2D eigenvalue weighted by Gasteiger charge is -2.17. The number of nitrogens with one attached hydrogen (secondary N) is 3. The van der Waals surface area contributed by atoms with E-state index in [-0.39, 0.29) is 23.5 Å². The van der Waals surface area contributed by atoms with Crippen molar-refractivity contribution in [1.82, 2.24) is 20.6 Å². The van der Waals surface area contributed by atoms with Crippen LogP contribution in [-0.2, 0) is 6.42 Å². The first-order valence-electron chi connectivity index (χ1n) is 8.93. The van der Waals surface area contributed by atoms with Gasteiger partial charge in [-0.25, -0.2) is 4.98 Å². The van der Waals surface area contributed by atoms with Gasteiger partial charge in [0.05, 0.1) is 7.11 Å². The van der Waals surface area contributed by atoms with Gasteiger partial charge in [0, 0.05) is 25.2 Å². The van der Waals surface area contributed by atoms with Gasteiger partial charge in [-0.05, 0) is 30.2 Å². The van der Waals surface area contributed by atoms with Crippen LogP contribution in [0.15, 0.2) is 40.8 Å². The Morgan fingerprint density at radius 2 is 2.11 bits per heavy atom. The lowest BCUT2D eigenvalue weighted by atomic mass is 9.93. The van der Waals surface area contributed by atoms with Crippen molar-refractivity contribution in [3.05, 3.63) is 59.1 Å². The van der Waals surface area contributed by atoms with Crippen molar-refractivity contribution >= 4 is 11.8 Å². The number of fused-ring (bicyclic) bond motifs is 1. The number of carbonyl (C=O) groups is 2. The predicted octanol–water partition coefficient (Wildman–Crippen LogP) is 2.11. The molecule has 0 radical (unpaired) electrons. The van der Waals surface area contributed by atoms with Crippen molar-refractivity contribution in [2.75, 3.05) is 20.7 Å². The van der Waals surface area contributed by atoms with Crippen LogP contribution >= 0.6 is 0 Å². The van der Waals surface area contributed by atoms with E-state index in [0.717, 1.165) is 17.0 Å². The Bertz CT molecular complexity index is 1040. The number of hydrogen-bond acceptors (Lipinski definition) is 5. The highest BCUT2D eigenvalue weighted by molar-refractivity contribution is 5.95. The molecule has 0 aliphatic carbocycles. The van der Waals surface area contributed by atoms with Crippen LogP contribution < -0.4 is 15.4 Å². The predicted molar refractivity (Wildman–Crippen MR) is 101 cm³/mol. The molecule has 1 aliphatic heterocycles. The molecule has 0 saturated heterocycles. The van der Waals surface area contributed by atoms with E-state index in [2.05, 4.69) is 20.6 Å². The van der Waals surface area contributed by atoms with Gasteiger partial charge in [0.2, 0.25) is 0 Å². The molecule has 3 heterocycles. The SMILES string of the molecule is CNC(=O)c1ccc(-c2nc3c([nH]2)C[C@H](c2ccccc2OC)CNC3=O)o1. The maximum absolute atomic E-state index is 12.5. The van der Waals surface area contributed by atoms with Gasteiger partial charge in [0.25, 0.3) is 11.8 Å². The summed E-state index contributed by atoms with van der Waals surface area (Å²) < 4.78 is 11.0. The van der Waals surface area contributed by atoms with E-state index >= 15 is 0 Å². The molecule has 0 spiro atoms. The zero-order valence-electron chi connectivity index (χ0n) is 15.5. The number of benzene rings is 1. The van der Waals surface area contributed by atoms with Crippen LogP contribution in [0.25, 0.3) is 11.6 Å². The number of aromatic nitrogens is 2. The van der Waals surface area contributed by atoms with Crippen LogP contribution in [0.1, 0.15) is 38.2 Å². The number of hydrogen-bond donors (Lipinski definition) is 3. The number of nitrogens with zero attached hydrogens (tertiary/aromatic N) is 1. The number of para-hydroxylation sites is 1. The first-order chi connectivity index (χ1) is 13.6. The number of imidazole rings is 1. The average Bonchev–Trinajstić information content (AvgIpc) is 3.34. The molecule has 0 bridgehead atoms. The van der Waals surface area contributed by atoms with Crippen LogP contribution in [0, 0.1) is 0 Å². The van der Waals surface area contributed by atoms with Crippen LogP contribution in [-0.4, -0.2) is 42.5 Å². The van der Waals surface area contributed by atoms with Crippen LogP contribution in [0.3, 0.4) is 0 Å². The third-order valence-electron chi connectivity index (χ3n) is 4.82. The minimum atomic E-state index is -0.326. The van der Waals surface area contributed by atoms with Crippen LogP contribution in [0.2, 0.25) is 0 Å². The molecule has 2 amide bonds. The fraction of sp³-hybridized carbons (Fsp3) is 0.250. The van der Waals surface area contributed by atoms with E-state index in [1.807, 2.05) is 24.3 Å². The number of H-pyrrole nitrogens is 1. The van der Waals surface area contributed by atoms with Crippen LogP contribution in [0.4, 0.5) is 0 Å². The highest BCUT2D eigenvalue weighted by atomic mass is 16.5. The Morgan fingerprint density at radius 3 is 2.89 bits per heavy atom. The molecule has 0 unspecified atom stereocenters. The van der Waals surface area contributed by atoms with Gasteiger partial charge in [-0.3, -0.25) is 9.59 Å². The summed E-state index contributed by atoms with van der Waals surface area (Å²) in [6.07, 6.45) is 0.588. The van der Waals surface area contributed by atoms with E-state index in [0.29, 0.717) is 30.2 Å². The number of amides is 2. The lowest BCUT2D eigenvalue weighted by molar-refractivity contribution is 0.0932. The molecule has 0 saturated carbocycles. The molecule has 1 aromatic carbocycles. The first kappa shape index (κ1) is 17.8. The van der Waals surface area contributed by atoms with Gasteiger partial charge in [-0.15, -0.1) is 0 Å². The van der Waals surface area contributed by atoms with Crippen LogP contribution in [0.5, 0.6) is 5.75 Å². The number of rotatable bonds is 4.